The molecule has 0 aromatic heterocycles. The Balaban J connectivity index is 1.88. The molecule has 6 heteroatoms. The first-order valence-electron chi connectivity index (χ1n) is 7.71. The zero-order valence-corrected chi connectivity index (χ0v) is 12.6. The maximum absolute atomic E-state index is 11.2. The largest absolute Gasteiger partial charge is 0.313 e. The SMILES string of the molecule is CCCCCCCCOOOOC1(CCCC)NC1=O. The average Bonchev–Trinajstić information content (AvgIpc) is 3.09. The van der Waals surface area contributed by atoms with E-state index in [4.69, 9.17) is 9.78 Å². The molecule has 0 aromatic carbocycles. The summed E-state index contributed by atoms with van der Waals surface area (Å²) in [4.78, 5) is 20.9. The highest BCUT2D eigenvalue weighted by atomic mass is 17.7. The number of carbonyl (C=O) groups excluding carboxylic acids is 1. The van der Waals surface area contributed by atoms with E-state index < -0.39 is 5.72 Å². The van der Waals surface area contributed by atoms with Crippen molar-refractivity contribution in [1.82, 2.24) is 5.32 Å². The predicted molar refractivity (Wildman–Crippen MR) is 73.0 cm³/mol. The summed E-state index contributed by atoms with van der Waals surface area (Å²) >= 11 is 0. The number of hydrogen-bond donors (Lipinski definition) is 1. The van der Waals surface area contributed by atoms with Gasteiger partial charge < -0.3 is 5.32 Å². The Labute approximate surface area is 120 Å². The van der Waals surface area contributed by atoms with Gasteiger partial charge in [-0.15, -0.1) is 0 Å². The Bertz CT molecular complexity index is 274. The van der Waals surface area contributed by atoms with Crippen LogP contribution in [0.2, 0.25) is 0 Å². The van der Waals surface area contributed by atoms with Crippen molar-refractivity contribution in [1.29, 1.82) is 0 Å². The standard InChI is InChI=1S/C14H27NO5/c1-3-5-7-8-9-10-12-17-19-20-18-14(11-6-4-2)13(16)15-14/h3-12H2,1-2H3,(H,15,16). The molecule has 1 unspecified atom stereocenters. The Kier molecular flexibility index (Phi) is 8.77. The number of hydrogen-bond acceptors (Lipinski definition) is 5. The molecule has 0 aliphatic carbocycles. The molecule has 1 atom stereocenters. The normalized spacial score (nSPS) is 21.0. The van der Waals surface area contributed by atoms with Gasteiger partial charge in [0.15, 0.2) is 0 Å². The summed E-state index contributed by atoms with van der Waals surface area (Å²) in [6, 6.07) is 0. The van der Waals surface area contributed by atoms with Crippen LogP contribution in [0.25, 0.3) is 0 Å². The predicted octanol–water partition coefficient (Wildman–Crippen LogP) is 3.17. The number of amides is 1. The van der Waals surface area contributed by atoms with E-state index in [0.717, 1.165) is 25.7 Å². The van der Waals surface area contributed by atoms with Crippen molar-refractivity contribution in [2.45, 2.75) is 77.4 Å². The molecule has 0 radical (unpaired) electrons. The summed E-state index contributed by atoms with van der Waals surface area (Å²) in [6.45, 7) is 4.70. The van der Waals surface area contributed by atoms with E-state index in [1.54, 1.807) is 0 Å². The van der Waals surface area contributed by atoms with E-state index in [0.29, 0.717) is 13.0 Å². The van der Waals surface area contributed by atoms with Gasteiger partial charge in [-0.2, -0.15) is 4.89 Å². The number of carbonyl (C=O) groups is 1. The van der Waals surface area contributed by atoms with E-state index in [1.165, 1.54) is 25.7 Å². The molecule has 1 saturated heterocycles. The van der Waals surface area contributed by atoms with Gasteiger partial charge in [-0.1, -0.05) is 52.4 Å². The summed E-state index contributed by atoms with van der Waals surface area (Å²) in [6.07, 6.45) is 9.49. The third kappa shape index (κ3) is 6.65. The second kappa shape index (κ2) is 10.1. The van der Waals surface area contributed by atoms with Crippen LogP contribution in [0, 0.1) is 0 Å². The molecule has 118 valence electrons. The third-order valence-corrected chi connectivity index (χ3v) is 3.34. The summed E-state index contributed by atoms with van der Waals surface area (Å²) in [5.41, 5.74) is -1.01. The van der Waals surface area contributed by atoms with Crippen LogP contribution in [0.1, 0.15) is 71.6 Å². The minimum Gasteiger partial charge on any atom is -0.313 e. The number of rotatable bonds is 14. The zero-order chi connectivity index (χ0) is 14.7. The molecule has 6 nitrogen and oxygen atoms in total. The molecule has 1 fully saturated rings. The first-order chi connectivity index (χ1) is 9.75. The lowest BCUT2D eigenvalue weighted by Gasteiger charge is -2.08. The van der Waals surface area contributed by atoms with Crippen LogP contribution in [0.4, 0.5) is 0 Å². The highest BCUT2D eigenvalue weighted by Crippen LogP contribution is 2.27. The van der Waals surface area contributed by atoms with E-state index in [-0.39, 0.29) is 5.91 Å². The van der Waals surface area contributed by atoms with Gasteiger partial charge in [-0.05, 0) is 22.9 Å². The molecule has 1 aliphatic rings. The van der Waals surface area contributed by atoms with Crippen LogP contribution in [0.3, 0.4) is 0 Å². The highest BCUT2D eigenvalue weighted by molar-refractivity contribution is 6.00. The molecular formula is C14H27NO5. The minimum absolute atomic E-state index is 0.175. The van der Waals surface area contributed by atoms with Crippen molar-refractivity contribution in [2.75, 3.05) is 6.61 Å². The summed E-state index contributed by atoms with van der Waals surface area (Å²) in [5.74, 6) is -0.175. The fourth-order valence-electron chi connectivity index (χ4n) is 1.92. The van der Waals surface area contributed by atoms with E-state index in [9.17, 15) is 4.79 Å². The lowest BCUT2D eigenvalue weighted by Crippen LogP contribution is -2.21. The van der Waals surface area contributed by atoms with Gasteiger partial charge >= 0.3 is 0 Å². The van der Waals surface area contributed by atoms with Crippen LogP contribution < -0.4 is 5.32 Å². The Morgan fingerprint density at radius 2 is 1.60 bits per heavy atom. The van der Waals surface area contributed by atoms with Crippen LogP contribution in [0.5, 0.6) is 0 Å². The van der Waals surface area contributed by atoms with Crippen molar-refractivity contribution < 1.29 is 24.6 Å². The summed E-state index contributed by atoms with van der Waals surface area (Å²) in [5, 5.41) is 11.5. The lowest BCUT2D eigenvalue weighted by atomic mass is 10.1. The second-order valence-corrected chi connectivity index (χ2v) is 5.19. The molecule has 1 amide bonds. The average molecular weight is 289 g/mol. The van der Waals surface area contributed by atoms with Crippen LogP contribution in [-0.4, -0.2) is 18.2 Å². The maximum atomic E-state index is 11.2. The molecule has 1 heterocycles. The monoisotopic (exact) mass is 289 g/mol. The second-order valence-electron chi connectivity index (χ2n) is 5.19. The van der Waals surface area contributed by atoms with Crippen molar-refractivity contribution in [3.05, 3.63) is 0 Å². The van der Waals surface area contributed by atoms with E-state index >= 15 is 0 Å². The number of unbranched alkanes of at least 4 members (excludes halogenated alkanes) is 6. The van der Waals surface area contributed by atoms with Crippen molar-refractivity contribution >= 4 is 5.91 Å². The van der Waals surface area contributed by atoms with Gasteiger partial charge in [-0.3, -0.25) is 4.79 Å². The molecule has 20 heavy (non-hydrogen) atoms. The third-order valence-electron chi connectivity index (χ3n) is 3.34. The van der Waals surface area contributed by atoms with Crippen molar-refractivity contribution in [3.8, 4) is 0 Å². The number of nitrogens with one attached hydrogen (secondary N) is 1. The topological polar surface area (TPSA) is 75.9 Å². The first-order valence-corrected chi connectivity index (χ1v) is 7.71. The molecule has 0 spiro atoms. The van der Waals surface area contributed by atoms with Gasteiger partial charge in [0.05, 0.1) is 6.61 Å². The van der Waals surface area contributed by atoms with Gasteiger partial charge in [0, 0.05) is 6.42 Å². The van der Waals surface area contributed by atoms with Gasteiger partial charge in [0.1, 0.15) is 0 Å². The quantitative estimate of drug-likeness (QED) is 0.230. The first kappa shape index (κ1) is 17.4. The van der Waals surface area contributed by atoms with Crippen LogP contribution in [0.15, 0.2) is 0 Å². The molecular weight excluding hydrogens is 262 g/mol. The molecule has 0 aromatic rings. The lowest BCUT2D eigenvalue weighted by molar-refractivity contribution is -0.644. The smallest absolute Gasteiger partial charge is 0.279 e. The van der Waals surface area contributed by atoms with Crippen LogP contribution in [-0.2, 0) is 24.6 Å². The summed E-state index contributed by atoms with van der Waals surface area (Å²) < 4.78 is 0. The fraction of sp³-hybridized carbons (Fsp3) is 0.929. The summed E-state index contributed by atoms with van der Waals surface area (Å²) in [7, 11) is 0. The minimum atomic E-state index is -1.01. The van der Waals surface area contributed by atoms with Gasteiger partial charge in [0.2, 0.25) is 0 Å². The van der Waals surface area contributed by atoms with Crippen molar-refractivity contribution in [3.63, 3.8) is 0 Å². The Morgan fingerprint density at radius 3 is 2.25 bits per heavy atom. The van der Waals surface area contributed by atoms with Gasteiger partial charge in [-0.25, -0.2) is 4.89 Å². The van der Waals surface area contributed by atoms with Crippen molar-refractivity contribution in [2.24, 2.45) is 0 Å². The van der Waals surface area contributed by atoms with E-state index in [1.807, 2.05) is 6.92 Å². The molecule has 1 aliphatic heterocycles. The Morgan fingerprint density at radius 1 is 0.950 bits per heavy atom. The molecule has 1 rings (SSSR count). The van der Waals surface area contributed by atoms with E-state index in [2.05, 4.69) is 22.3 Å². The highest BCUT2D eigenvalue weighted by Gasteiger charge is 2.56. The fourth-order valence-corrected chi connectivity index (χ4v) is 1.92. The maximum Gasteiger partial charge on any atom is 0.279 e. The molecule has 0 bridgehead atoms. The molecule has 1 N–H and O–H groups in total. The molecule has 0 saturated carbocycles. The van der Waals surface area contributed by atoms with Gasteiger partial charge in [0.25, 0.3) is 11.6 Å². The Hall–Kier alpha value is -0.690. The zero-order valence-electron chi connectivity index (χ0n) is 12.6. The van der Waals surface area contributed by atoms with Crippen LogP contribution >= 0.6 is 0 Å².